The van der Waals surface area contributed by atoms with E-state index in [2.05, 4.69) is 22.5 Å². The molecule has 0 amide bonds. The average molecular weight is 321 g/mol. The molecule has 2 atom stereocenters. The Morgan fingerprint density at radius 1 is 1.27 bits per heavy atom. The maximum atomic E-state index is 9.81. The first-order chi connectivity index (χ1) is 10.6. The molecule has 0 radical (unpaired) electrons. The molecule has 1 fully saturated rings. The van der Waals surface area contributed by atoms with Crippen LogP contribution in [0.3, 0.4) is 0 Å². The molecule has 1 unspecified atom stereocenters. The van der Waals surface area contributed by atoms with Crippen LogP contribution in [0.4, 0.5) is 0 Å². The Morgan fingerprint density at radius 3 is 2.73 bits per heavy atom. The zero-order chi connectivity index (χ0) is 15.5. The molecular weight excluding hydrogens is 298 g/mol. The highest BCUT2D eigenvalue weighted by Gasteiger charge is 2.21. The van der Waals surface area contributed by atoms with Crippen molar-refractivity contribution in [1.29, 1.82) is 0 Å². The van der Waals surface area contributed by atoms with Gasteiger partial charge in [0.2, 0.25) is 0 Å². The van der Waals surface area contributed by atoms with Crippen molar-refractivity contribution in [2.75, 3.05) is 26.3 Å². The molecule has 0 spiro atoms. The number of hydrogen-bond acceptors (Lipinski definition) is 5. The molecule has 2 heterocycles. The molecule has 1 N–H and O–H groups in total. The van der Waals surface area contributed by atoms with Crippen LogP contribution < -0.4 is 0 Å². The number of aliphatic hydroxyl groups excluding tert-OH is 1. The number of nitrogens with zero attached hydrogens (tertiary/aromatic N) is 3. The van der Waals surface area contributed by atoms with Crippen molar-refractivity contribution in [2.45, 2.75) is 37.0 Å². The third-order valence-corrected chi connectivity index (χ3v) is 5.06. The van der Waals surface area contributed by atoms with Gasteiger partial charge in [-0.05, 0) is 26.0 Å². The van der Waals surface area contributed by atoms with E-state index in [0.717, 1.165) is 42.5 Å². The zero-order valence-electron chi connectivity index (χ0n) is 13.1. The molecule has 1 saturated heterocycles. The molecule has 120 valence electrons. The molecule has 3 rings (SSSR count). The van der Waals surface area contributed by atoms with Crippen molar-refractivity contribution in [3.63, 3.8) is 0 Å². The third kappa shape index (κ3) is 3.46. The van der Waals surface area contributed by atoms with Crippen LogP contribution in [0, 0.1) is 0 Å². The van der Waals surface area contributed by atoms with Crippen molar-refractivity contribution in [3.8, 4) is 0 Å². The Morgan fingerprint density at radius 2 is 2.00 bits per heavy atom. The van der Waals surface area contributed by atoms with E-state index in [-0.39, 0.29) is 0 Å². The van der Waals surface area contributed by atoms with E-state index in [9.17, 15) is 5.11 Å². The van der Waals surface area contributed by atoms with E-state index in [0.29, 0.717) is 11.9 Å². The van der Waals surface area contributed by atoms with Crippen molar-refractivity contribution in [3.05, 3.63) is 24.3 Å². The topological polar surface area (TPSA) is 50.5 Å². The highest BCUT2D eigenvalue weighted by atomic mass is 32.2. The summed E-state index contributed by atoms with van der Waals surface area (Å²) in [4.78, 5) is 7.17. The van der Waals surface area contributed by atoms with E-state index in [4.69, 9.17) is 9.72 Å². The van der Waals surface area contributed by atoms with Gasteiger partial charge in [-0.15, -0.1) is 0 Å². The highest BCUT2D eigenvalue weighted by Crippen LogP contribution is 2.29. The Labute approximate surface area is 135 Å². The van der Waals surface area contributed by atoms with Gasteiger partial charge in [-0.1, -0.05) is 23.9 Å². The summed E-state index contributed by atoms with van der Waals surface area (Å²) in [6, 6.07) is 8.11. The van der Waals surface area contributed by atoms with E-state index < -0.39 is 6.10 Å². The van der Waals surface area contributed by atoms with Crippen LogP contribution in [0.25, 0.3) is 11.0 Å². The number of thioether (sulfide) groups is 1. The SMILES string of the molecule is CC(Sc1nc2ccccc2n1C[C@H](C)O)N1CCOCC1. The molecule has 22 heavy (non-hydrogen) atoms. The van der Waals surface area contributed by atoms with E-state index in [1.165, 1.54) is 0 Å². The number of aromatic nitrogens is 2. The first kappa shape index (κ1) is 15.8. The fourth-order valence-corrected chi connectivity index (χ4v) is 3.87. The van der Waals surface area contributed by atoms with Crippen LogP contribution in [0.5, 0.6) is 0 Å². The average Bonchev–Trinajstić information content (AvgIpc) is 2.85. The predicted octanol–water partition coefficient (Wildman–Crippen LogP) is 2.19. The molecule has 1 aliphatic heterocycles. The van der Waals surface area contributed by atoms with Gasteiger partial charge in [0.15, 0.2) is 5.16 Å². The minimum absolute atomic E-state index is 0.341. The molecule has 2 aromatic rings. The van der Waals surface area contributed by atoms with E-state index >= 15 is 0 Å². The maximum Gasteiger partial charge on any atom is 0.170 e. The first-order valence-electron chi connectivity index (χ1n) is 7.77. The standard InChI is InChI=1S/C16H23N3O2S/c1-12(20)11-19-15-6-4-3-5-14(15)17-16(19)22-13(2)18-7-9-21-10-8-18/h3-6,12-13,20H,7-11H2,1-2H3/t12-,13?/m0/s1. The van der Waals surface area contributed by atoms with Gasteiger partial charge < -0.3 is 14.4 Å². The van der Waals surface area contributed by atoms with Gasteiger partial charge in [0.05, 0.1) is 42.3 Å². The fourth-order valence-electron chi connectivity index (χ4n) is 2.75. The second-order valence-corrected chi connectivity index (χ2v) is 6.99. The van der Waals surface area contributed by atoms with E-state index in [1.54, 1.807) is 11.8 Å². The minimum Gasteiger partial charge on any atom is -0.392 e. The van der Waals surface area contributed by atoms with Gasteiger partial charge in [-0.25, -0.2) is 4.98 Å². The number of rotatable bonds is 5. The number of morpholine rings is 1. The Hall–Kier alpha value is -1.08. The lowest BCUT2D eigenvalue weighted by Crippen LogP contribution is -2.40. The first-order valence-corrected chi connectivity index (χ1v) is 8.65. The molecule has 0 saturated carbocycles. The monoisotopic (exact) mass is 321 g/mol. The van der Waals surface area contributed by atoms with Crippen molar-refractivity contribution >= 4 is 22.8 Å². The molecule has 5 nitrogen and oxygen atoms in total. The molecule has 1 aromatic carbocycles. The van der Waals surface area contributed by atoms with Crippen molar-refractivity contribution in [2.24, 2.45) is 0 Å². The van der Waals surface area contributed by atoms with Gasteiger partial charge in [0.25, 0.3) is 0 Å². The molecular formula is C16H23N3O2S. The van der Waals surface area contributed by atoms with Crippen LogP contribution in [0.15, 0.2) is 29.4 Å². The third-order valence-electron chi connectivity index (χ3n) is 3.90. The number of benzene rings is 1. The summed E-state index contributed by atoms with van der Waals surface area (Å²) in [5.74, 6) is 0. The normalized spacial score (nSPS) is 19.4. The summed E-state index contributed by atoms with van der Waals surface area (Å²) in [5.41, 5.74) is 2.07. The zero-order valence-corrected chi connectivity index (χ0v) is 13.9. The number of ether oxygens (including phenoxy) is 1. The summed E-state index contributed by atoms with van der Waals surface area (Å²) in [6.07, 6.45) is -0.393. The number of imidazole rings is 1. The Bertz CT molecular complexity index is 623. The minimum atomic E-state index is -0.393. The summed E-state index contributed by atoms with van der Waals surface area (Å²) >= 11 is 1.76. The predicted molar refractivity (Wildman–Crippen MR) is 89.1 cm³/mol. The van der Waals surface area contributed by atoms with Crippen LogP contribution in [0.2, 0.25) is 0 Å². The molecule has 0 aliphatic carbocycles. The number of hydrogen-bond donors (Lipinski definition) is 1. The summed E-state index contributed by atoms with van der Waals surface area (Å²) in [6.45, 7) is 8.12. The van der Waals surface area contributed by atoms with Gasteiger partial charge in [0.1, 0.15) is 0 Å². The highest BCUT2D eigenvalue weighted by molar-refractivity contribution is 7.99. The summed E-state index contributed by atoms with van der Waals surface area (Å²) < 4.78 is 7.55. The Kier molecular flexibility index (Phi) is 5.03. The molecule has 6 heteroatoms. The fraction of sp³-hybridized carbons (Fsp3) is 0.562. The van der Waals surface area contributed by atoms with Crippen LogP contribution in [0.1, 0.15) is 13.8 Å². The van der Waals surface area contributed by atoms with E-state index in [1.807, 2.05) is 25.1 Å². The second-order valence-electron chi connectivity index (χ2n) is 5.71. The van der Waals surface area contributed by atoms with Crippen LogP contribution >= 0.6 is 11.8 Å². The largest absolute Gasteiger partial charge is 0.392 e. The maximum absolute atomic E-state index is 9.81. The number of aliphatic hydroxyl groups is 1. The van der Waals surface area contributed by atoms with Gasteiger partial charge >= 0.3 is 0 Å². The van der Waals surface area contributed by atoms with Crippen LogP contribution in [-0.2, 0) is 11.3 Å². The summed E-state index contributed by atoms with van der Waals surface area (Å²) in [5, 5.41) is 11.1. The van der Waals surface area contributed by atoms with Crippen molar-refractivity contribution in [1.82, 2.24) is 14.5 Å². The van der Waals surface area contributed by atoms with Crippen LogP contribution in [-0.4, -0.2) is 57.3 Å². The smallest absolute Gasteiger partial charge is 0.170 e. The van der Waals surface area contributed by atoms with Gasteiger partial charge in [0, 0.05) is 13.1 Å². The Balaban J connectivity index is 1.85. The molecule has 0 bridgehead atoms. The van der Waals surface area contributed by atoms with Gasteiger partial charge in [-0.2, -0.15) is 0 Å². The second kappa shape index (κ2) is 7.00. The number of fused-ring (bicyclic) bond motifs is 1. The lowest BCUT2D eigenvalue weighted by atomic mass is 10.3. The molecule has 1 aliphatic rings. The van der Waals surface area contributed by atoms with Gasteiger partial charge in [-0.3, -0.25) is 4.90 Å². The van der Waals surface area contributed by atoms with Crippen molar-refractivity contribution < 1.29 is 9.84 Å². The lowest BCUT2D eigenvalue weighted by Gasteiger charge is -2.31. The quantitative estimate of drug-likeness (QED) is 0.856. The molecule has 1 aromatic heterocycles. The lowest BCUT2D eigenvalue weighted by molar-refractivity contribution is 0.0350. The summed E-state index contributed by atoms with van der Waals surface area (Å²) in [7, 11) is 0. The number of para-hydroxylation sites is 2.